The van der Waals surface area contributed by atoms with Gasteiger partial charge in [-0.05, 0) is 11.6 Å². The molecule has 1 aromatic carbocycles. The van der Waals surface area contributed by atoms with Crippen molar-refractivity contribution in [3.05, 3.63) is 42.0 Å². The Morgan fingerprint density at radius 3 is 2.48 bits per heavy atom. The van der Waals surface area contributed by atoms with Gasteiger partial charge in [-0.25, -0.2) is 0 Å². The maximum atomic E-state index is 9.89. The van der Waals surface area contributed by atoms with Gasteiger partial charge in [0.2, 0.25) is 0 Å². The first-order valence-electron chi connectivity index (χ1n) is 6.69. The molecule has 1 saturated heterocycles. The topological polar surface area (TPSA) is 103 Å². The zero-order valence-electron chi connectivity index (χ0n) is 11.4. The molecule has 0 amide bonds. The Balaban J connectivity index is 1.98. The summed E-state index contributed by atoms with van der Waals surface area (Å²) >= 11 is 0. The summed E-state index contributed by atoms with van der Waals surface area (Å²) in [6, 6.07) is 8.58. The van der Waals surface area contributed by atoms with Gasteiger partial charge in [0.05, 0.1) is 6.61 Å². The molecule has 0 bridgehead atoms. The predicted molar refractivity (Wildman–Crippen MR) is 77.7 cm³/mol. The number of aliphatic hydroxyl groups excluding tert-OH is 4. The van der Waals surface area contributed by atoms with E-state index in [1.54, 1.807) is 6.08 Å². The summed E-state index contributed by atoms with van der Waals surface area (Å²) in [7, 11) is 0. The minimum atomic E-state index is -1.37. The SMILES string of the molecule is OC[C@@H]1O[C@H](O)[C@H](N=C/C=C/c2ccccc2)[C@H](O)[C@@H]1O. The van der Waals surface area contributed by atoms with Crippen LogP contribution in [0.2, 0.25) is 0 Å². The third-order valence-corrected chi connectivity index (χ3v) is 3.30. The lowest BCUT2D eigenvalue weighted by Crippen LogP contribution is -2.57. The van der Waals surface area contributed by atoms with Gasteiger partial charge in [0.1, 0.15) is 24.4 Å². The van der Waals surface area contributed by atoms with Gasteiger partial charge in [-0.1, -0.05) is 36.4 Å². The Hall–Kier alpha value is -1.57. The van der Waals surface area contributed by atoms with Crippen LogP contribution in [0.5, 0.6) is 0 Å². The maximum Gasteiger partial charge on any atom is 0.180 e. The first-order chi connectivity index (χ1) is 10.1. The van der Waals surface area contributed by atoms with Crippen LogP contribution in [0.25, 0.3) is 6.08 Å². The number of benzene rings is 1. The van der Waals surface area contributed by atoms with Gasteiger partial charge in [-0.3, -0.25) is 4.99 Å². The Morgan fingerprint density at radius 1 is 1.10 bits per heavy atom. The highest BCUT2D eigenvalue weighted by atomic mass is 16.6. The van der Waals surface area contributed by atoms with E-state index < -0.39 is 37.3 Å². The van der Waals surface area contributed by atoms with Crippen molar-refractivity contribution in [2.75, 3.05) is 6.61 Å². The van der Waals surface area contributed by atoms with Gasteiger partial charge in [0.25, 0.3) is 0 Å². The zero-order chi connectivity index (χ0) is 15.2. The standard InChI is InChI=1S/C15H19NO5/c17-9-11-13(18)14(19)12(15(20)21-11)16-8-4-7-10-5-2-1-3-6-10/h1-8,11-15,17-20H,9H2/b7-4+,16-8?/t11-,12+,13+,14-,15-/m0/s1. The minimum absolute atomic E-state index is 0.486. The van der Waals surface area contributed by atoms with Crippen LogP contribution in [0.1, 0.15) is 5.56 Å². The van der Waals surface area contributed by atoms with Crippen molar-refractivity contribution in [1.29, 1.82) is 0 Å². The molecule has 6 heteroatoms. The smallest absolute Gasteiger partial charge is 0.180 e. The normalized spacial score (nSPS) is 33.8. The summed E-state index contributed by atoms with van der Waals surface area (Å²) in [5, 5.41) is 38.3. The van der Waals surface area contributed by atoms with Crippen LogP contribution in [0.15, 0.2) is 41.4 Å². The van der Waals surface area contributed by atoms with Gasteiger partial charge >= 0.3 is 0 Å². The van der Waals surface area contributed by atoms with E-state index >= 15 is 0 Å². The Bertz CT molecular complexity index is 490. The van der Waals surface area contributed by atoms with E-state index in [2.05, 4.69) is 4.99 Å². The molecule has 0 aliphatic carbocycles. The largest absolute Gasteiger partial charge is 0.394 e. The molecule has 0 radical (unpaired) electrons. The van der Waals surface area contributed by atoms with E-state index in [1.165, 1.54) is 6.21 Å². The van der Waals surface area contributed by atoms with Crippen LogP contribution in [-0.4, -0.2) is 63.9 Å². The van der Waals surface area contributed by atoms with Crippen LogP contribution >= 0.6 is 0 Å². The zero-order valence-corrected chi connectivity index (χ0v) is 11.4. The molecule has 6 nitrogen and oxygen atoms in total. The van der Waals surface area contributed by atoms with E-state index in [0.717, 1.165) is 5.56 Å². The third kappa shape index (κ3) is 3.96. The quantitative estimate of drug-likeness (QED) is 0.564. The first-order valence-corrected chi connectivity index (χ1v) is 6.69. The lowest BCUT2D eigenvalue weighted by Gasteiger charge is -2.38. The van der Waals surface area contributed by atoms with Crippen LogP contribution in [-0.2, 0) is 4.74 Å². The molecular weight excluding hydrogens is 274 g/mol. The van der Waals surface area contributed by atoms with Crippen molar-refractivity contribution in [1.82, 2.24) is 0 Å². The fraction of sp³-hybridized carbons (Fsp3) is 0.400. The van der Waals surface area contributed by atoms with Gasteiger partial charge in [0.15, 0.2) is 6.29 Å². The van der Waals surface area contributed by atoms with Crippen molar-refractivity contribution in [2.24, 2.45) is 4.99 Å². The monoisotopic (exact) mass is 293 g/mol. The molecule has 21 heavy (non-hydrogen) atoms. The molecule has 114 valence electrons. The fourth-order valence-corrected chi connectivity index (χ4v) is 2.11. The van der Waals surface area contributed by atoms with Gasteiger partial charge < -0.3 is 25.2 Å². The lowest BCUT2D eigenvalue weighted by molar-refractivity contribution is -0.248. The molecular formula is C15H19NO5. The number of nitrogens with zero attached hydrogens (tertiary/aromatic N) is 1. The summed E-state index contributed by atoms with van der Waals surface area (Å²) in [6.45, 7) is -0.486. The predicted octanol–water partition coefficient (Wildman–Crippen LogP) is -0.430. The second kappa shape index (κ2) is 7.44. The summed E-state index contributed by atoms with van der Waals surface area (Å²) < 4.78 is 5.00. The molecule has 1 aliphatic rings. The lowest BCUT2D eigenvalue weighted by atomic mass is 9.97. The second-order valence-electron chi connectivity index (χ2n) is 4.79. The van der Waals surface area contributed by atoms with Crippen molar-refractivity contribution < 1.29 is 25.2 Å². The average molecular weight is 293 g/mol. The van der Waals surface area contributed by atoms with Crippen LogP contribution in [0.4, 0.5) is 0 Å². The minimum Gasteiger partial charge on any atom is -0.394 e. The Labute approximate surface area is 122 Å². The number of allylic oxidation sites excluding steroid dienone is 1. The number of aliphatic hydroxyl groups is 4. The molecule has 0 aromatic heterocycles. The van der Waals surface area contributed by atoms with Gasteiger partial charge in [0, 0.05) is 6.21 Å². The van der Waals surface area contributed by atoms with Gasteiger partial charge in [-0.15, -0.1) is 0 Å². The van der Waals surface area contributed by atoms with Crippen LogP contribution in [0.3, 0.4) is 0 Å². The molecule has 1 aromatic rings. The molecule has 0 unspecified atom stereocenters. The highest BCUT2D eigenvalue weighted by molar-refractivity contribution is 5.78. The Morgan fingerprint density at radius 2 is 1.81 bits per heavy atom. The summed E-state index contributed by atoms with van der Waals surface area (Å²) in [6.07, 6.45) is -0.0633. The van der Waals surface area contributed by atoms with E-state index in [1.807, 2.05) is 36.4 Å². The molecule has 0 saturated carbocycles. The highest BCUT2D eigenvalue weighted by Crippen LogP contribution is 2.21. The van der Waals surface area contributed by atoms with E-state index in [0.29, 0.717) is 0 Å². The molecule has 2 rings (SSSR count). The number of hydrogen-bond donors (Lipinski definition) is 4. The number of hydrogen-bond acceptors (Lipinski definition) is 6. The van der Waals surface area contributed by atoms with E-state index in [9.17, 15) is 15.3 Å². The number of ether oxygens (including phenoxy) is 1. The molecule has 1 fully saturated rings. The Kier molecular flexibility index (Phi) is 5.60. The van der Waals surface area contributed by atoms with Crippen LogP contribution in [0, 0.1) is 0 Å². The maximum absolute atomic E-state index is 9.89. The van der Waals surface area contributed by atoms with Crippen molar-refractivity contribution in [3.63, 3.8) is 0 Å². The third-order valence-electron chi connectivity index (χ3n) is 3.30. The first kappa shape index (κ1) is 15.8. The molecule has 0 spiro atoms. The second-order valence-corrected chi connectivity index (χ2v) is 4.79. The summed E-state index contributed by atoms with van der Waals surface area (Å²) in [5.41, 5.74) is 0.991. The molecule has 1 heterocycles. The van der Waals surface area contributed by atoms with Gasteiger partial charge in [-0.2, -0.15) is 0 Å². The highest BCUT2D eigenvalue weighted by Gasteiger charge is 2.43. The molecule has 1 aliphatic heterocycles. The average Bonchev–Trinajstić information content (AvgIpc) is 2.51. The summed E-state index contributed by atoms with van der Waals surface area (Å²) in [5.74, 6) is 0. The summed E-state index contributed by atoms with van der Waals surface area (Å²) in [4.78, 5) is 4.00. The fourth-order valence-electron chi connectivity index (χ4n) is 2.11. The van der Waals surface area contributed by atoms with Crippen molar-refractivity contribution in [2.45, 2.75) is 30.6 Å². The van der Waals surface area contributed by atoms with Crippen molar-refractivity contribution >= 4 is 12.3 Å². The number of rotatable bonds is 4. The van der Waals surface area contributed by atoms with E-state index in [-0.39, 0.29) is 0 Å². The van der Waals surface area contributed by atoms with Crippen molar-refractivity contribution in [3.8, 4) is 0 Å². The molecule has 5 atom stereocenters. The van der Waals surface area contributed by atoms with E-state index in [4.69, 9.17) is 9.84 Å². The number of aliphatic imine (C=N–C) groups is 1. The van der Waals surface area contributed by atoms with Crippen LogP contribution < -0.4 is 0 Å². The molecule has 4 N–H and O–H groups in total.